The zero-order valence-corrected chi connectivity index (χ0v) is 22.9. The normalized spacial score (nSPS) is 11.6. The van der Waals surface area contributed by atoms with Crippen LogP contribution >= 0.6 is 0 Å². The summed E-state index contributed by atoms with van der Waals surface area (Å²) in [5.41, 5.74) is 9.15. The van der Waals surface area contributed by atoms with Gasteiger partial charge in [0.15, 0.2) is 0 Å². The first-order valence-corrected chi connectivity index (χ1v) is 16.6. The third-order valence-corrected chi connectivity index (χ3v) is 7.78. The van der Waals surface area contributed by atoms with Gasteiger partial charge < -0.3 is 4.98 Å². The summed E-state index contributed by atoms with van der Waals surface area (Å²) in [7, 11) is -1.71. The largest absolute Gasteiger partial charge is 0.410 e. The monoisotopic (exact) mass is 497 g/mol. The van der Waals surface area contributed by atoms with Crippen molar-refractivity contribution in [1.29, 1.82) is 0 Å². The van der Waals surface area contributed by atoms with Gasteiger partial charge in [0, 0.05) is 17.5 Å². The molecule has 1 N–H and O–H groups in total. The number of rotatable bonds is 8. The molecule has 0 aliphatic heterocycles. The molecule has 0 saturated carbocycles. The molecule has 5 aromatic carbocycles. The van der Waals surface area contributed by atoms with Crippen molar-refractivity contribution in [2.24, 2.45) is 0 Å². The van der Waals surface area contributed by atoms with Crippen LogP contribution in [0.2, 0.25) is 19.6 Å². The van der Waals surface area contributed by atoms with Crippen molar-refractivity contribution in [3.63, 3.8) is 0 Å². The molecule has 184 valence electrons. The molecule has 0 spiro atoms. The Hall–Kier alpha value is -3.88. The van der Waals surface area contributed by atoms with E-state index >= 15 is 0 Å². The van der Waals surface area contributed by atoms with Crippen LogP contribution in [0.15, 0.2) is 140 Å². The van der Waals surface area contributed by atoms with Gasteiger partial charge in [-0.1, -0.05) is 159 Å². The molecule has 0 bridgehead atoms. The van der Waals surface area contributed by atoms with E-state index in [2.05, 4.69) is 164 Å². The highest BCUT2D eigenvalue weighted by Gasteiger charge is 2.28. The average Bonchev–Trinajstić information content (AvgIpc) is 2.92. The summed E-state index contributed by atoms with van der Waals surface area (Å²) >= 11 is 0. The molecule has 5 rings (SSSR count). The Kier molecular flexibility index (Phi) is 7.39. The molecule has 0 heterocycles. The Bertz CT molecular complexity index is 1230. The van der Waals surface area contributed by atoms with Crippen LogP contribution in [0.3, 0.4) is 0 Å². The van der Waals surface area contributed by atoms with Gasteiger partial charge >= 0.3 is 0 Å². The van der Waals surface area contributed by atoms with Crippen molar-refractivity contribution in [3.05, 3.63) is 173 Å². The molecule has 2 heteroatoms. The quantitative estimate of drug-likeness (QED) is 0.166. The van der Waals surface area contributed by atoms with Crippen LogP contribution < -0.4 is 4.98 Å². The minimum absolute atomic E-state index is 0.133. The van der Waals surface area contributed by atoms with E-state index in [1.807, 2.05) is 0 Å². The molecule has 0 aliphatic rings. The second-order valence-electron chi connectivity index (χ2n) is 10.7. The van der Waals surface area contributed by atoms with Gasteiger partial charge in [-0.05, 0) is 33.4 Å². The Morgan fingerprint density at radius 3 is 0.973 bits per heavy atom. The lowest BCUT2D eigenvalue weighted by Gasteiger charge is -2.31. The molecule has 37 heavy (non-hydrogen) atoms. The Morgan fingerprint density at radius 2 is 0.703 bits per heavy atom. The fourth-order valence-corrected chi connectivity index (χ4v) is 6.31. The molecular weight excluding hydrogens is 462 g/mol. The van der Waals surface area contributed by atoms with Crippen LogP contribution in [0.4, 0.5) is 5.69 Å². The van der Waals surface area contributed by atoms with Gasteiger partial charge in [0.25, 0.3) is 0 Å². The van der Waals surface area contributed by atoms with Crippen molar-refractivity contribution in [3.8, 4) is 0 Å². The predicted octanol–water partition coefficient (Wildman–Crippen LogP) is 9.29. The van der Waals surface area contributed by atoms with Crippen LogP contribution in [-0.4, -0.2) is 8.24 Å². The number of para-hydroxylation sites is 1. The van der Waals surface area contributed by atoms with Crippen molar-refractivity contribution in [2.45, 2.75) is 31.5 Å². The van der Waals surface area contributed by atoms with Gasteiger partial charge in [-0.2, -0.15) is 0 Å². The maximum Gasteiger partial charge on any atom is 0.144 e. The highest BCUT2D eigenvalue weighted by atomic mass is 28.3. The average molecular weight is 498 g/mol. The topological polar surface area (TPSA) is 12.0 Å². The molecule has 0 saturated heterocycles. The number of hydrogen-bond donors (Lipinski definition) is 1. The summed E-state index contributed by atoms with van der Waals surface area (Å²) in [5.74, 6) is 0.266. The zero-order valence-electron chi connectivity index (χ0n) is 21.9. The van der Waals surface area contributed by atoms with Crippen LogP contribution in [0.1, 0.15) is 45.2 Å². The standard InChI is InChI=1S/C35H35NSi/c1-37(2,3)36-35-31(33(27-17-8-4-9-18-27)28-19-10-5-11-20-28)25-16-26-32(35)34(29-21-12-6-13-22-29)30-23-14-7-15-24-30/h4-26,33-34,36H,1-3H3. The SMILES string of the molecule is C[Si](C)(C)Nc1c(C(c2ccccc2)c2ccccc2)cccc1C(c1ccccc1)c1ccccc1. The number of anilines is 1. The van der Waals surface area contributed by atoms with Crippen molar-refractivity contribution >= 4 is 13.9 Å². The first-order chi connectivity index (χ1) is 18.0. The van der Waals surface area contributed by atoms with Crippen molar-refractivity contribution < 1.29 is 0 Å². The van der Waals surface area contributed by atoms with E-state index in [-0.39, 0.29) is 11.8 Å². The van der Waals surface area contributed by atoms with Gasteiger partial charge in [0.05, 0.1) is 0 Å². The van der Waals surface area contributed by atoms with Crippen LogP contribution in [0.5, 0.6) is 0 Å². The first kappa shape index (κ1) is 24.8. The Balaban J connectivity index is 1.79. The highest BCUT2D eigenvalue weighted by molar-refractivity contribution is 6.79. The number of benzene rings is 5. The van der Waals surface area contributed by atoms with Crippen LogP contribution in [0, 0.1) is 0 Å². The molecule has 1 nitrogen and oxygen atoms in total. The lowest BCUT2D eigenvalue weighted by molar-refractivity contribution is 0.944. The number of nitrogens with one attached hydrogen (secondary N) is 1. The summed E-state index contributed by atoms with van der Waals surface area (Å²) < 4.78 is 0. The van der Waals surface area contributed by atoms with Gasteiger partial charge in [-0.3, -0.25) is 0 Å². The molecule has 0 unspecified atom stereocenters. The van der Waals surface area contributed by atoms with E-state index in [1.165, 1.54) is 39.1 Å². The van der Waals surface area contributed by atoms with E-state index < -0.39 is 8.24 Å². The molecule has 0 atom stereocenters. The fraction of sp³-hybridized carbons (Fsp3) is 0.143. The molecule has 0 aliphatic carbocycles. The lowest BCUT2D eigenvalue weighted by Crippen LogP contribution is -2.34. The third-order valence-electron chi connectivity index (χ3n) is 6.78. The van der Waals surface area contributed by atoms with E-state index in [1.54, 1.807) is 0 Å². The lowest BCUT2D eigenvalue weighted by atomic mass is 9.79. The zero-order chi connectivity index (χ0) is 25.7. The summed E-state index contributed by atoms with van der Waals surface area (Å²) in [5, 5.41) is 0. The van der Waals surface area contributed by atoms with Gasteiger partial charge in [0.2, 0.25) is 0 Å². The summed E-state index contributed by atoms with van der Waals surface area (Å²) in [6.07, 6.45) is 0. The summed E-state index contributed by atoms with van der Waals surface area (Å²) in [6, 6.07) is 50.6. The van der Waals surface area contributed by atoms with Gasteiger partial charge in [-0.15, -0.1) is 0 Å². The minimum Gasteiger partial charge on any atom is -0.410 e. The minimum atomic E-state index is -1.71. The molecular formula is C35H35NSi. The molecule has 0 amide bonds. The smallest absolute Gasteiger partial charge is 0.144 e. The van der Waals surface area contributed by atoms with Crippen LogP contribution in [0.25, 0.3) is 0 Å². The predicted molar refractivity (Wildman–Crippen MR) is 161 cm³/mol. The van der Waals surface area contributed by atoms with Crippen molar-refractivity contribution in [1.82, 2.24) is 0 Å². The molecule has 5 aromatic rings. The molecule has 0 fully saturated rings. The van der Waals surface area contributed by atoms with Crippen LogP contribution in [-0.2, 0) is 0 Å². The molecule has 0 aromatic heterocycles. The second-order valence-corrected chi connectivity index (χ2v) is 15.4. The fourth-order valence-electron chi connectivity index (χ4n) is 5.27. The maximum atomic E-state index is 4.10. The number of hydrogen-bond acceptors (Lipinski definition) is 1. The third kappa shape index (κ3) is 5.76. The van der Waals surface area contributed by atoms with E-state index in [0.717, 1.165) is 0 Å². The highest BCUT2D eigenvalue weighted by Crippen LogP contribution is 2.43. The van der Waals surface area contributed by atoms with E-state index in [9.17, 15) is 0 Å². The van der Waals surface area contributed by atoms with E-state index in [0.29, 0.717) is 0 Å². The molecule has 0 radical (unpaired) electrons. The second kappa shape index (κ2) is 11.0. The van der Waals surface area contributed by atoms with Crippen molar-refractivity contribution in [2.75, 3.05) is 4.98 Å². The summed E-state index contributed by atoms with van der Waals surface area (Å²) in [4.78, 5) is 4.10. The van der Waals surface area contributed by atoms with Gasteiger partial charge in [0.1, 0.15) is 8.24 Å². The Labute approximate surface area is 222 Å². The van der Waals surface area contributed by atoms with Gasteiger partial charge in [-0.25, -0.2) is 0 Å². The van der Waals surface area contributed by atoms with E-state index in [4.69, 9.17) is 0 Å². The Morgan fingerprint density at radius 1 is 0.405 bits per heavy atom. The summed E-state index contributed by atoms with van der Waals surface area (Å²) in [6.45, 7) is 7.15. The first-order valence-electron chi connectivity index (χ1n) is 13.1. The maximum absolute atomic E-state index is 4.10.